The summed E-state index contributed by atoms with van der Waals surface area (Å²) in [6.07, 6.45) is 0. The molecule has 0 spiro atoms. The maximum Gasteiger partial charge on any atom is 0.147 e. The fourth-order valence-corrected chi connectivity index (χ4v) is 4.34. The standard InChI is InChI=1S/C27H23NO3/c1-17-14-22(21-16-18(30-2)12-13-26(21)31-3)27(29)25(15-17)28-23-10-6-4-8-19(23)20-9-5-7-11-24(20)28/h4-16,29H,1-3H3. The van der Waals surface area contributed by atoms with Gasteiger partial charge in [0.2, 0.25) is 0 Å². The fraction of sp³-hybridized carbons (Fsp3) is 0.111. The third kappa shape index (κ3) is 2.99. The van der Waals surface area contributed by atoms with Gasteiger partial charge in [-0.2, -0.15) is 0 Å². The number of hydrogen-bond acceptors (Lipinski definition) is 3. The molecule has 0 saturated heterocycles. The summed E-state index contributed by atoms with van der Waals surface area (Å²) in [5, 5.41) is 13.8. The number of aromatic nitrogens is 1. The fourth-order valence-electron chi connectivity index (χ4n) is 4.34. The molecule has 4 aromatic carbocycles. The number of rotatable bonds is 4. The van der Waals surface area contributed by atoms with E-state index in [0.29, 0.717) is 17.1 Å². The number of phenolic OH excluding ortho intramolecular Hbond substituents is 1. The summed E-state index contributed by atoms with van der Waals surface area (Å²) in [6, 6.07) is 26.1. The molecule has 5 aromatic rings. The molecule has 0 aliphatic heterocycles. The maximum absolute atomic E-state index is 11.5. The SMILES string of the molecule is COc1ccc(OC)c(-c2cc(C)cc(-n3c4ccccc4c4ccccc43)c2O)c1. The second-order valence-electron chi connectivity index (χ2n) is 7.62. The van der Waals surface area contributed by atoms with Gasteiger partial charge in [-0.15, -0.1) is 0 Å². The van der Waals surface area contributed by atoms with Crippen molar-refractivity contribution in [1.29, 1.82) is 0 Å². The molecule has 0 unspecified atom stereocenters. The van der Waals surface area contributed by atoms with Crippen molar-refractivity contribution in [1.82, 2.24) is 4.57 Å². The molecule has 4 nitrogen and oxygen atoms in total. The van der Waals surface area contributed by atoms with Crippen LogP contribution >= 0.6 is 0 Å². The second-order valence-corrected chi connectivity index (χ2v) is 7.62. The molecule has 4 heteroatoms. The average molecular weight is 409 g/mol. The van der Waals surface area contributed by atoms with Gasteiger partial charge in [-0.05, 0) is 55.0 Å². The zero-order chi connectivity index (χ0) is 21.5. The van der Waals surface area contributed by atoms with Gasteiger partial charge >= 0.3 is 0 Å². The Morgan fingerprint density at radius 3 is 1.97 bits per heavy atom. The van der Waals surface area contributed by atoms with Crippen molar-refractivity contribution < 1.29 is 14.6 Å². The number of methoxy groups -OCH3 is 2. The summed E-state index contributed by atoms with van der Waals surface area (Å²) in [6.45, 7) is 2.03. The minimum absolute atomic E-state index is 0.198. The van der Waals surface area contributed by atoms with Crippen LogP contribution in [0.2, 0.25) is 0 Å². The van der Waals surface area contributed by atoms with Gasteiger partial charge in [0.1, 0.15) is 17.2 Å². The smallest absolute Gasteiger partial charge is 0.147 e. The molecule has 0 fully saturated rings. The van der Waals surface area contributed by atoms with E-state index in [1.165, 1.54) is 0 Å². The molecule has 1 heterocycles. The summed E-state index contributed by atoms with van der Waals surface area (Å²) < 4.78 is 13.1. The first-order valence-corrected chi connectivity index (χ1v) is 10.2. The van der Waals surface area contributed by atoms with Gasteiger partial charge in [0, 0.05) is 21.9 Å². The molecule has 0 amide bonds. The number of phenols is 1. The number of ether oxygens (including phenoxy) is 2. The largest absolute Gasteiger partial charge is 0.505 e. The maximum atomic E-state index is 11.5. The van der Waals surface area contributed by atoms with Crippen LogP contribution in [0.25, 0.3) is 38.6 Å². The Labute approximate surface area is 180 Å². The number of nitrogens with zero attached hydrogens (tertiary/aromatic N) is 1. The summed E-state index contributed by atoms with van der Waals surface area (Å²) >= 11 is 0. The van der Waals surface area contributed by atoms with E-state index in [9.17, 15) is 5.11 Å². The van der Waals surface area contributed by atoms with E-state index in [2.05, 4.69) is 28.8 Å². The van der Waals surface area contributed by atoms with Crippen LogP contribution in [0.15, 0.2) is 78.9 Å². The molecule has 0 radical (unpaired) electrons. The molecule has 0 atom stereocenters. The summed E-state index contributed by atoms with van der Waals surface area (Å²) in [4.78, 5) is 0. The van der Waals surface area contributed by atoms with Crippen molar-refractivity contribution in [2.75, 3.05) is 14.2 Å². The lowest BCUT2D eigenvalue weighted by Crippen LogP contribution is -1.98. The van der Waals surface area contributed by atoms with Gasteiger partial charge in [-0.3, -0.25) is 0 Å². The summed E-state index contributed by atoms with van der Waals surface area (Å²) in [7, 11) is 3.26. The Morgan fingerprint density at radius 2 is 1.35 bits per heavy atom. The molecule has 5 rings (SSSR count). The van der Waals surface area contributed by atoms with Crippen LogP contribution in [-0.4, -0.2) is 23.9 Å². The van der Waals surface area contributed by atoms with E-state index in [0.717, 1.165) is 38.6 Å². The van der Waals surface area contributed by atoms with E-state index in [4.69, 9.17) is 9.47 Å². The lowest BCUT2D eigenvalue weighted by molar-refractivity contribution is 0.404. The van der Waals surface area contributed by atoms with Gasteiger partial charge in [0.15, 0.2) is 0 Å². The molecule has 0 aliphatic rings. The van der Waals surface area contributed by atoms with Crippen molar-refractivity contribution in [2.24, 2.45) is 0 Å². The number of benzene rings is 4. The molecular weight excluding hydrogens is 386 g/mol. The number of hydrogen-bond donors (Lipinski definition) is 1. The molecule has 31 heavy (non-hydrogen) atoms. The molecule has 0 bridgehead atoms. The Balaban J connectivity index is 1.86. The zero-order valence-electron chi connectivity index (χ0n) is 17.7. The molecule has 1 aromatic heterocycles. The predicted molar refractivity (Wildman–Crippen MR) is 126 cm³/mol. The van der Waals surface area contributed by atoms with Crippen molar-refractivity contribution in [3.63, 3.8) is 0 Å². The van der Waals surface area contributed by atoms with Gasteiger partial charge in [-0.25, -0.2) is 0 Å². The number of aryl methyl sites for hydroxylation is 1. The highest BCUT2D eigenvalue weighted by Crippen LogP contribution is 2.43. The quantitative estimate of drug-likeness (QED) is 0.369. The van der Waals surface area contributed by atoms with Crippen LogP contribution in [0.1, 0.15) is 5.56 Å². The first-order chi connectivity index (χ1) is 15.1. The number of fused-ring (bicyclic) bond motifs is 3. The third-order valence-electron chi connectivity index (χ3n) is 5.75. The predicted octanol–water partition coefficient (Wildman–Crippen LogP) is 6.48. The lowest BCUT2D eigenvalue weighted by Gasteiger charge is -2.17. The van der Waals surface area contributed by atoms with Crippen molar-refractivity contribution in [2.45, 2.75) is 6.92 Å². The molecular formula is C27H23NO3. The summed E-state index contributed by atoms with van der Waals surface area (Å²) in [5.74, 6) is 1.58. The van der Waals surface area contributed by atoms with Crippen LogP contribution in [0.3, 0.4) is 0 Å². The topological polar surface area (TPSA) is 43.6 Å². The molecule has 1 N–H and O–H groups in total. The van der Waals surface area contributed by atoms with Crippen molar-refractivity contribution >= 4 is 21.8 Å². The van der Waals surface area contributed by atoms with Crippen LogP contribution in [0, 0.1) is 6.92 Å². The van der Waals surface area contributed by atoms with Gasteiger partial charge in [0.05, 0.1) is 30.9 Å². The Bertz CT molecular complexity index is 1380. The average Bonchev–Trinajstić information content (AvgIpc) is 3.14. The first-order valence-electron chi connectivity index (χ1n) is 10.2. The van der Waals surface area contributed by atoms with E-state index in [-0.39, 0.29) is 5.75 Å². The molecule has 154 valence electrons. The highest BCUT2D eigenvalue weighted by atomic mass is 16.5. The normalized spacial score (nSPS) is 11.2. The van der Waals surface area contributed by atoms with Gasteiger partial charge in [0.25, 0.3) is 0 Å². The number of para-hydroxylation sites is 2. The van der Waals surface area contributed by atoms with Crippen LogP contribution in [0.4, 0.5) is 0 Å². The van der Waals surface area contributed by atoms with E-state index >= 15 is 0 Å². The van der Waals surface area contributed by atoms with E-state index < -0.39 is 0 Å². The van der Waals surface area contributed by atoms with Crippen LogP contribution < -0.4 is 9.47 Å². The van der Waals surface area contributed by atoms with Gasteiger partial charge < -0.3 is 19.1 Å². The van der Waals surface area contributed by atoms with Crippen LogP contribution in [0.5, 0.6) is 17.2 Å². The minimum Gasteiger partial charge on any atom is -0.505 e. The summed E-state index contributed by atoms with van der Waals surface area (Å²) in [5.41, 5.74) is 5.35. The highest BCUT2D eigenvalue weighted by molar-refractivity contribution is 6.09. The second kappa shape index (κ2) is 7.40. The highest BCUT2D eigenvalue weighted by Gasteiger charge is 2.19. The first kappa shape index (κ1) is 19.1. The Morgan fingerprint density at radius 1 is 0.710 bits per heavy atom. The van der Waals surface area contributed by atoms with E-state index in [1.807, 2.05) is 61.5 Å². The minimum atomic E-state index is 0.198. The zero-order valence-corrected chi connectivity index (χ0v) is 17.7. The monoisotopic (exact) mass is 409 g/mol. The Kier molecular flexibility index (Phi) is 4.55. The van der Waals surface area contributed by atoms with Crippen LogP contribution in [-0.2, 0) is 0 Å². The van der Waals surface area contributed by atoms with Gasteiger partial charge in [-0.1, -0.05) is 36.4 Å². The molecule has 0 saturated carbocycles. The van der Waals surface area contributed by atoms with Crippen molar-refractivity contribution in [3.05, 3.63) is 84.4 Å². The van der Waals surface area contributed by atoms with E-state index in [1.54, 1.807) is 14.2 Å². The Hall–Kier alpha value is -3.92. The molecule has 0 aliphatic carbocycles. The van der Waals surface area contributed by atoms with Crippen molar-refractivity contribution in [3.8, 4) is 34.1 Å². The number of aromatic hydroxyl groups is 1. The third-order valence-corrected chi connectivity index (χ3v) is 5.75. The lowest BCUT2D eigenvalue weighted by atomic mass is 9.99.